The molecule has 1 aromatic heterocycles. The van der Waals surface area contributed by atoms with Crippen LogP contribution in [0.4, 0.5) is 5.88 Å². The number of furan rings is 1. The van der Waals surface area contributed by atoms with Crippen molar-refractivity contribution in [3.05, 3.63) is 28.0 Å². The molecule has 0 saturated heterocycles. The molecule has 0 aliphatic heterocycles. The molecule has 0 amide bonds. The fourth-order valence-electron chi connectivity index (χ4n) is 0.730. The van der Waals surface area contributed by atoms with Crippen LogP contribution in [0.5, 0.6) is 0 Å². The molecule has 0 bridgehead atoms. The maximum atomic E-state index is 10.1. The number of hydrogen-bond donors (Lipinski definition) is 2. The molecular formula is C6H9ClN2O4. The van der Waals surface area contributed by atoms with E-state index < -0.39 is 11.0 Å². The summed E-state index contributed by atoms with van der Waals surface area (Å²) in [5.41, 5.74) is 5.34. The van der Waals surface area contributed by atoms with Crippen molar-refractivity contribution in [3.8, 4) is 0 Å². The van der Waals surface area contributed by atoms with E-state index in [0.29, 0.717) is 0 Å². The van der Waals surface area contributed by atoms with E-state index in [1.54, 1.807) is 0 Å². The second kappa shape index (κ2) is 4.80. The number of nitrogens with two attached hydrogens (primary N) is 1. The maximum absolute atomic E-state index is 10.1. The molecule has 0 radical (unpaired) electrons. The smallest absolute Gasteiger partial charge is 0.404 e. The Morgan fingerprint density at radius 3 is 2.69 bits per heavy atom. The lowest BCUT2D eigenvalue weighted by atomic mass is 10.2. The number of nitrogens with zero attached hydrogens (tertiary/aromatic N) is 1. The average molecular weight is 209 g/mol. The van der Waals surface area contributed by atoms with Gasteiger partial charge < -0.3 is 15.3 Å². The van der Waals surface area contributed by atoms with Gasteiger partial charge in [0.15, 0.2) is 0 Å². The van der Waals surface area contributed by atoms with Crippen LogP contribution in [0.2, 0.25) is 0 Å². The Bertz CT molecular complexity index is 288. The Morgan fingerprint density at radius 1 is 1.69 bits per heavy atom. The lowest BCUT2D eigenvalue weighted by Crippen LogP contribution is -2.13. The third-order valence-electron chi connectivity index (χ3n) is 1.35. The van der Waals surface area contributed by atoms with Crippen molar-refractivity contribution in [1.29, 1.82) is 0 Å². The molecule has 1 atom stereocenters. The van der Waals surface area contributed by atoms with Crippen molar-refractivity contribution >= 4 is 18.3 Å². The lowest BCUT2D eigenvalue weighted by Gasteiger charge is -2.00. The molecule has 13 heavy (non-hydrogen) atoms. The highest BCUT2D eigenvalue weighted by Gasteiger charge is 2.15. The fourth-order valence-corrected chi connectivity index (χ4v) is 0.730. The van der Waals surface area contributed by atoms with Gasteiger partial charge in [0, 0.05) is 0 Å². The van der Waals surface area contributed by atoms with Gasteiger partial charge in [0.1, 0.15) is 10.7 Å². The van der Waals surface area contributed by atoms with Crippen LogP contribution in [0, 0.1) is 10.1 Å². The van der Waals surface area contributed by atoms with Gasteiger partial charge >= 0.3 is 5.88 Å². The molecule has 0 spiro atoms. The second-order valence-electron chi connectivity index (χ2n) is 2.22. The first-order valence-electron chi connectivity index (χ1n) is 3.25. The zero-order valence-corrected chi connectivity index (χ0v) is 7.36. The van der Waals surface area contributed by atoms with Crippen LogP contribution in [-0.2, 0) is 0 Å². The molecule has 0 aliphatic rings. The summed E-state index contributed by atoms with van der Waals surface area (Å²) in [5, 5.41) is 18.7. The SMILES string of the molecule is Cl.N[C@H](CO)c1ccc([N+](=O)[O-])o1. The second-order valence-corrected chi connectivity index (χ2v) is 2.22. The van der Waals surface area contributed by atoms with E-state index in [-0.39, 0.29) is 30.7 Å². The summed E-state index contributed by atoms with van der Waals surface area (Å²) in [4.78, 5) is 9.47. The minimum atomic E-state index is -0.696. The summed E-state index contributed by atoms with van der Waals surface area (Å²) in [5.74, 6) is -0.155. The Labute approximate surface area is 79.9 Å². The number of hydrogen-bond acceptors (Lipinski definition) is 5. The van der Waals surface area contributed by atoms with Gasteiger partial charge in [-0.05, 0) is 6.07 Å². The third kappa shape index (κ3) is 2.69. The molecule has 0 unspecified atom stereocenters. The van der Waals surface area contributed by atoms with Crippen molar-refractivity contribution in [1.82, 2.24) is 0 Å². The standard InChI is InChI=1S/C6H8N2O4.ClH/c7-4(3-9)5-1-2-6(12-5)8(10)11;/h1-2,4,9H,3,7H2;1H/t4-;/m1./s1. The monoisotopic (exact) mass is 208 g/mol. The first kappa shape index (κ1) is 11.9. The Morgan fingerprint density at radius 2 is 2.31 bits per heavy atom. The van der Waals surface area contributed by atoms with E-state index in [1.807, 2.05) is 0 Å². The summed E-state index contributed by atoms with van der Waals surface area (Å²) >= 11 is 0. The van der Waals surface area contributed by atoms with E-state index in [2.05, 4.69) is 0 Å². The van der Waals surface area contributed by atoms with E-state index in [1.165, 1.54) is 12.1 Å². The molecule has 1 rings (SSSR count). The van der Waals surface area contributed by atoms with E-state index in [4.69, 9.17) is 15.3 Å². The van der Waals surface area contributed by atoms with Gasteiger partial charge in [0.25, 0.3) is 0 Å². The molecular weight excluding hydrogens is 200 g/mol. The van der Waals surface area contributed by atoms with E-state index in [0.717, 1.165) is 0 Å². The normalized spacial score (nSPS) is 11.8. The summed E-state index contributed by atoms with van der Waals surface area (Å²) in [6, 6.07) is 1.88. The molecule has 0 aliphatic carbocycles. The summed E-state index contributed by atoms with van der Waals surface area (Å²) < 4.78 is 4.71. The highest BCUT2D eigenvalue weighted by atomic mass is 35.5. The van der Waals surface area contributed by atoms with Gasteiger partial charge in [0.2, 0.25) is 0 Å². The molecule has 6 nitrogen and oxygen atoms in total. The van der Waals surface area contributed by atoms with Gasteiger partial charge in [-0.1, -0.05) is 0 Å². The van der Waals surface area contributed by atoms with Crippen LogP contribution < -0.4 is 5.73 Å². The summed E-state index contributed by atoms with van der Waals surface area (Å²) in [7, 11) is 0. The van der Waals surface area contributed by atoms with Crippen LogP contribution in [0.25, 0.3) is 0 Å². The van der Waals surface area contributed by atoms with Gasteiger partial charge in [-0.3, -0.25) is 10.1 Å². The highest BCUT2D eigenvalue weighted by molar-refractivity contribution is 5.85. The molecule has 3 N–H and O–H groups in total. The number of aliphatic hydroxyl groups excluding tert-OH is 1. The molecule has 0 aromatic carbocycles. The zero-order valence-electron chi connectivity index (χ0n) is 6.54. The quantitative estimate of drug-likeness (QED) is 0.559. The Kier molecular flexibility index (Phi) is 4.39. The topological polar surface area (TPSA) is 103 Å². The number of halogens is 1. The van der Waals surface area contributed by atoms with Crippen LogP contribution in [-0.4, -0.2) is 16.6 Å². The number of nitro groups is 1. The Balaban J connectivity index is 0.00000144. The minimum Gasteiger partial charge on any atom is -0.404 e. The van der Waals surface area contributed by atoms with Gasteiger partial charge in [-0.15, -0.1) is 12.4 Å². The molecule has 1 heterocycles. The molecule has 74 valence electrons. The maximum Gasteiger partial charge on any atom is 0.433 e. The van der Waals surface area contributed by atoms with Gasteiger partial charge in [-0.2, -0.15) is 0 Å². The van der Waals surface area contributed by atoms with Crippen molar-refractivity contribution in [2.45, 2.75) is 6.04 Å². The predicted molar refractivity (Wildman–Crippen MR) is 46.6 cm³/mol. The minimum absolute atomic E-state index is 0. The van der Waals surface area contributed by atoms with Crippen LogP contribution >= 0.6 is 12.4 Å². The van der Waals surface area contributed by atoms with Crippen LogP contribution in [0.15, 0.2) is 16.5 Å². The fraction of sp³-hybridized carbons (Fsp3) is 0.333. The van der Waals surface area contributed by atoms with Crippen molar-refractivity contribution < 1.29 is 14.4 Å². The highest BCUT2D eigenvalue weighted by Crippen LogP contribution is 2.19. The van der Waals surface area contributed by atoms with Crippen molar-refractivity contribution in [2.75, 3.05) is 6.61 Å². The summed E-state index contributed by atoms with van der Waals surface area (Å²) in [6.07, 6.45) is 0. The van der Waals surface area contributed by atoms with Gasteiger partial charge in [-0.25, -0.2) is 0 Å². The van der Waals surface area contributed by atoms with Crippen molar-refractivity contribution in [3.63, 3.8) is 0 Å². The average Bonchev–Trinajstić information content (AvgIpc) is 2.51. The lowest BCUT2D eigenvalue weighted by molar-refractivity contribution is -0.402. The van der Waals surface area contributed by atoms with E-state index >= 15 is 0 Å². The van der Waals surface area contributed by atoms with Crippen LogP contribution in [0.1, 0.15) is 11.8 Å². The van der Waals surface area contributed by atoms with E-state index in [9.17, 15) is 10.1 Å². The molecule has 1 aromatic rings. The number of aliphatic hydroxyl groups is 1. The zero-order chi connectivity index (χ0) is 9.14. The molecule has 7 heteroatoms. The molecule has 0 saturated carbocycles. The first-order valence-corrected chi connectivity index (χ1v) is 3.25. The first-order chi connectivity index (χ1) is 5.65. The Hall–Kier alpha value is -1.11. The largest absolute Gasteiger partial charge is 0.433 e. The third-order valence-corrected chi connectivity index (χ3v) is 1.35. The van der Waals surface area contributed by atoms with Crippen LogP contribution in [0.3, 0.4) is 0 Å². The predicted octanol–water partition coefficient (Wildman–Crippen LogP) is 0.602. The number of rotatable bonds is 3. The van der Waals surface area contributed by atoms with Gasteiger partial charge in [0.05, 0.1) is 18.7 Å². The summed E-state index contributed by atoms with van der Waals surface area (Å²) in [6.45, 7) is -0.301. The van der Waals surface area contributed by atoms with Crippen molar-refractivity contribution in [2.24, 2.45) is 5.73 Å². The molecule has 0 fully saturated rings.